The van der Waals surface area contributed by atoms with Crippen molar-refractivity contribution in [1.82, 2.24) is 0 Å². The van der Waals surface area contributed by atoms with E-state index in [1.807, 2.05) is 12.1 Å². The van der Waals surface area contributed by atoms with E-state index in [0.717, 1.165) is 5.56 Å². The van der Waals surface area contributed by atoms with Gasteiger partial charge in [-0.3, -0.25) is 0 Å². The maximum absolute atomic E-state index is 11.7. The Bertz CT molecular complexity index is 496. The van der Waals surface area contributed by atoms with Gasteiger partial charge in [-0.15, -0.1) is 6.42 Å². The minimum Gasteiger partial charge on any atom is -0.223 e. The Morgan fingerprint density at radius 2 is 1.69 bits per heavy atom. The first-order valence-corrected chi connectivity index (χ1v) is 6.69. The van der Waals surface area contributed by atoms with Gasteiger partial charge >= 0.3 is 0 Å². The molecule has 0 heterocycles. The normalized spacial score (nSPS) is 12.1. The molecular formula is C13H16O2S. The third-order valence-electron chi connectivity index (χ3n) is 2.35. The highest BCUT2D eigenvalue weighted by Crippen LogP contribution is 2.23. The molecule has 0 saturated heterocycles. The molecule has 0 bridgehead atoms. The highest BCUT2D eigenvalue weighted by molar-refractivity contribution is 7.91. The van der Waals surface area contributed by atoms with Crippen LogP contribution in [-0.4, -0.2) is 14.2 Å². The van der Waals surface area contributed by atoms with Crippen LogP contribution in [0.5, 0.6) is 0 Å². The number of benzene rings is 1. The Hall–Kier alpha value is -1.27. The fraction of sp³-hybridized carbons (Fsp3) is 0.385. The van der Waals surface area contributed by atoms with Crippen molar-refractivity contribution in [2.75, 3.05) is 5.75 Å². The summed E-state index contributed by atoms with van der Waals surface area (Å²) < 4.78 is 23.3. The number of hydrogen-bond donors (Lipinski definition) is 0. The van der Waals surface area contributed by atoms with Gasteiger partial charge in [-0.1, -0.05) is 38.8 Å². The minimum absolute atomic E-state index is 0.0222. The second-order valence-electron chi connectivity index (χ2n) is 4.74. The Balaban J connectivity index is 3.11. The molecule has 0 spiro atoms. The molecule has 2 nitrogen and oxygen atoms in total. The van der Waals surface area contributed by atoms with E-state index in [1.54, 1.807) is 12.1 Å². The summed E-state index contributed by atoms with van der Waals surface area (Å²) in [4.78, 5) is 0.290. The number of hydrogen-bond acceptors (Lipinski definition) is 2. The summed E-state index contributed by atoms with van der Waals surface area (Å²) in [5.74, 6) is 1.92. The molecule has 0 saturated carbocycles. The number of sulfone groups is 1. The van der Waals surface area contributed by atoms with Crippen molar-refractivity contribution < 1.29 is 8.42 Å². The molecule has 1 aromatic carbocycles. The smallest absolute Gasteiger partial charge is 0.189 e. The Morgan fingerprint density at radius 3 is 2.06 bits per heavy atom. The first kappa shape index (κ1) is 12.8. The van der Waals surface area contributed by atoms with Crippen LogP contribution in [0, 0.1) is 12.3 Å². The van der Waals surface area contributed by atoms with Crippen molar-refractivity contribution in [3.05, 3.63) is 29.8 Å². The van der Waals surface area contributed by atoms with E-state index in [4.69, 9.17) is 6.42 Å². The van der Waals surface area contributed by atoms with E-state index in [0.29, 0.717) is 4.90 Å². The standard InChI is InChI=1S/C13H16O2S/c1-5-10-16(14,15)12-8-6-11(7-9-12)13(2,3)4/h1,6-9H,10H2,2-4H3. The molecule has 0 aliphatic carbocycles. The highest BCUT2D eigenvalue weighted by atomic mass is 32.2. The van der Waals surface area contributed by atoms with Gasteiger partial charge in [-0.25, -0.2) is 8.42 Å². The van der Waals surface area contributed by atoms with Crippen LogP contribution < -0.4 is 0 Å². The Morgan fingerprint density at radius 1 is 1.19 bits per heavy atom. The predicted molar refractivity (Wildman–Crippen MR) is 66.0 cm³/mol. The molecule has 0 aliphatic rings. The van der Waals surface area contributed by atoms with Crippen molar-refractivity contribution in [3.63, 3.8) is 0 Å². The van der Waals surface area contributed by atoms with Gasteiger partial charge < -0.3 is 0 Å². The SMILES string of the molecule is C#CCS(=O)(=O)c1ccc(C(C)(C)C)cc1. The summed E-state index contributed by atoms with van der Waals surface area (Å²) in [7, 11) is -3.31. The molecule has 1 rings (SSSR count). The van der Waals surface area contributed by atoms with Crippen molar-refractivity contribution in [1.29, 1.82) is 0 Å². The second-order valence-corrected chi connectivity index (χ2v) is 6.73. The summed E-state index contributed by atoms with van der Waals surface area (Å²) >= 11 is 0. The summed E-state index contributed by atoms with van der Waals surface area (Å²) in [5.41, 5.74) is 1.13. The van der Waals surface area contributed by atoms with Gasteiger partial charge in [0.15, 0.2) is 9.84 Å². The lowest BCUT2D eigenvalue weighted by Gasteiger charge is -2.18. The molecule has 0 aliphatic heterocycles. The zero-order valence-corrected chi connectivity index (χ0v) is 10.6. The highest BCUT2D eigenvalue weighted by Gasteiger charge is 2.16. The Kier molecular flexibility index (Phi) is 3.44. The first-order valence-electron chi connectivity index (χ1n) is 5.04. The van der Waals surface area contributed by atoms with Gasteiger partial charge in [0.2, 0.25) is 0 Å². The third-order valence-corrected chi connectivity index (χ3v) is 3.89. The maximum atomic E-state index is 11.7. The summed E-state index contributed by atoms with van der Waals surface area (Å²) in [6.07, 6.45) is 5.02. The van der Waals surface area contributed by atoms with Crippen LogP contribution >= 0.6 is 0 Å². The van der Waals surface area contributed by atoms with Crippen molar-refractivity contribution in [2.24, 2.45) is 0 Å². The predicted octanol–water partition coefficient (Wildman–Crippen LogP) is 2.39. The largest absolute Gasteiger partial charge is 0.223 e. The molecule has 0 amide bonds. The van der Waals surface area contributed by atoms with Crippen molar-refractivity contribution >= 4 is 9.84 Å². The van der Waals surface area contributed by atoms with Gasteiger partial charge in [0, 0.05) is 0 Å². The van der Waals surface area contributed by atoms with Crippen molar-refractivity contribution in [3.8, 4) is 12.3 Å². The van der Waals surface area contributed by atoms with Gasteiger partial charge in [0.05, 0.1) is 4.90 Å². The quantitative estimate of drug-likeness (QED) is 0.739. The van der Waals surface area contributed by atoms with Crippen LogP contribution in [0.4, 0.5) is 0 Å². The molecule has 0 unspecified atom stereocenters. The van der Waals surface area contributed by atoms with Crippen LogP contribution in [-0.2, 0) is 15.3 Å². The van der Waals surface area contributed by atoms with Crippen LogP contribution in [0.2, 0.25) is 0 Å². The zero-order valence-electron chi connectivity index (χ0n) is 9.82. The Labute approximate surface area is 97.6 Å². The van der Waals surface area contributed by atoms with Crippen LogP contribution in [0.3, 0.4) is 0 Å². The van der Waals surface area contributed by atoms with Gasteiger partial charge in [-0.2, -0.15) is 0 Å². The molecule has 16 heavy (non-hydrogen) atoms. The molecule has 3 heteroatoms. The lowest BCUT2D eigenvalue weighted by Crippen LogP contribution is -2.11. The summed E-state index contributed by atoms with van der Waals surface area (Å²) in [5, 5.41) is 0. The fourth-order valence-corrected chi connectivity index (χ4v) is 2.29. The first-order chi connectivity index (χ1) is 7.27. The van der Waals surface area contributed by atoms with E-state index in [-0.39, 0.29) is 11.2 Å². The zero-order chi connectivity index (χ0) is 12.4. The molecule has 0 aromatic heterocycles. The van der Waals surface area contributed by atoms with E-state index in [2.05, 4.69) is 26.7 Å². The molecule has 0 atom stereocenters. The molecule has 0 fully saturated rings. The van der Waals surface area contributed by atoms with E-state index in [1.165, 1.54) is 0 Å². The third kappa shape index (κ3) is 2.86. The topological polar surface area (TPSA) is 34.1 Å². The van der Waals surface area contributed by atoms with E-state index >= 15 is 0 Å². The molecule has 1 aromatic rings. The van der Waals surface area contributed by atoms with Gasteiger partial charge in [0.25, 0.3) is 0 Å². The summed E-state index contributed by atoms with van der Waals surface area (Å²) in [6, 6.07) is 6.91. The van der Waals surface area contributed by atoms with Crippen LogP contribution in [0.15, 0.2) is 29.2 Å². The van der Waals surface area contributed by atoms with Gasteiger partial charge in [-0.05, 0) is 23.1 Å². The molecule has 0 N–H and O–H groups in total. The number of rotatable bonds is 2. The van der Waals surface area contributed by atoms with Crippen LogP contribution in [0.25, 0.3) is 0 Å². The second kappa shape index (κ2) is 4.31. The summed E-state index contributed by atoms with van der Waals surface area (Å²) in [6.45, 7) is 6.24. The number of terminal acetylenes is 1. The van der Waals surface area contributed by atoms with Crippen LogP contribution in [0.1, 0.15) is 26.3 Å². The molecular weight excluding hydrogens is 220 g/mol. The molecule has 86 valence electrons. The average Bonchev–Trinajstić information content (AvgIpc) is 2.16. The average molecular weight is 236 g/mol. The fourth-order valence-electron chi connectivity index (χ4n) is 1.36. The minimum atomic E-state index is -3.31. The molecule has 0 radical (unpaired) electrons. The maximum Gasteiger partial charge on any atom is 0.189 e. The monoisotopic (exact) mass is 236 g/mol. The van der Waals surface area contributed by atoms with Crippen molar-refractivity contribution in [2.45, 2.75) is 31.1 Å². The van der Waals surface area contributed by atoms with E-state index in [9.17, 15) is 8.42 Å². The van der Waals surface area contributed by atoms with Gasteiger partial charge in [0.1, 0.15) is 5.75 Å². The lowest BCUT2D eigenvalue weighted by molar-refractivity contribution is 0.587. The lowest BCUT2D eigenvalue weighted by atomic mass is 9.87. The van der Waals surface area contributed by atoms with E-state index < -0.39 is 9.84 Å².